The van der Waals surface area contributed by atoms with Crippen molar-refractivity contribution in [1.29, 1.82) is 0 Å². The van der Waals surface area contributed by atoms with Crippen LogP contribution in [0.3, 0.4) is 0 Å². The summed E-state index contributed by atoms with van der Waals surface area (Å²) in [5, 5.41) is 9.71. The predicted molar refractivity (Wildman–Crippen MR) is 71.7 cm³/mol. The van der Waals surface area contributed by atoms with E-state index >= 15 is 0 Å². The highest BCUT2D eigenvalue weighted by Crippen LogP contribution is 2.28. The molecule has 0 bridgehead atoms. The van der Waals surface area contributed by atoms with Crippen molar-refractivity contribution in [3.63, 3.8) is 0 Å². The average Bonchev–Trinajstić information content (AvgIpc) is 3.18. The van der Waals surface area contributed by atoms with E-state index in [4.69, 9.17) is 4.74 Å². The highest BCUT2D eigenvalue weighted by atomic mass is 16.5. The lowest BCUT2D eigenvalue weighted by Crippen LogP contribution is -2.25. The Balaban J connectivity index is 1.84. The molecule has 1 aliphatic carbocycles. The molecule has 0 spiro atoms. The first kappa shape index (κ1) is 13.3. The number of nitrogens with zero attached hydrogens (tertiary/aromatic N) is 2. The standard InChI is InChI=1S/C14H22N2O2/c1-11(17)13-4-3-7-15-14(13)16(2)8-9-18-10-12-5-6-12/h3-4,7,11-12,17H,5-6,8-10H2,1-2H3/t11-/m1/s1. The average molecular weight is 250 g/mol. The van der Waals surface area contributed by atoms with Gasteiger partial charge in [0.2, 0.25) is 0 Å². The summed E-state index contributed by atoms with van der Waals surface area (Å²) < 4.78 is 5.62. The van der Waals surface area contributed by atoms with Crippen molar-refractivity contribution in [1.82, 2.24) is 4.98 Å². The second kappa shape index (κ2) is 6.16. The first-order chi connectivity index (χ1) is 8.68. The molecular formula is C14H22N2O2. The quantitative estimate of drug-likeness (QED) is 0.752. The number of aliphatic hydroxyl groups is 1. The summed E-state index contributed by atoms with van der Waals surface area (Å²) in [4.78, 5) is 6.37. The van der Waals surface area contributed by atoms with Crippen molar-refractivity contribution in [3.05, 3.63) is 23.9 Å². The fourth-order valence-electron chi connectivity index (χ4n) is 1.90. The molecule has 0 aliphatic heterocycles. The topological polar surface area (TPSA) is 45.6 Å². The van der Waals surface area contributed by atoms with E-state index in [1.807, 2.05) is 24.1 Å². The molecule has 0 saturated heterocycles. The summed E-state index contributed by atoms with van der Waals surface area (Å²) in [6, 6.07) is 3.76. The zero-order valence-corrected chi connectivity index (χ0v) is 11.2. The molecule has 0 aromatic carbocycles. The minimum Gasteiger partial charge on any atom is -0.389 e. The molecule has 1 heterocycles. The number of hydrogen-bond donors (Lipinski definition) is 1. The molecule has 1 N–H and O–H groups in total. The molecule has 1 aromatic rings. The van der Waals surface area contributed by atoms with Crippen LogP contribution in [0.15, 0.2) is 18.3 Å². The van der Waals surface area contributed by atoms with E-state index < -0.39 is 6.10 Å². The smallest absolute Gasteiger partial charge is 0.134 e. The Labute approximate surface area is 109 Å². The van der Waals surface area contributed by atoms with Gasteiger partial charge < -0.3 is 14.7 Å². The number of aliphatic hydroxyl groups excluding tert-OH is 1. The monoisotopic (exact) mass is 250 g/mol. The number of hydrogen-bond acceptors (Lipinski definition) is 4. The van der Waals surface area contributed by atoms with E-state index in [1.165, 1.54) is 12.8 Å². The molecule has 2 rings (SSSR count). The third-order valence-corrected chi connectivity index (χ3v) is 3.25. The minimum absolute atomic E-state index is 0.497. The van der Waals surface area contributed by atoms with Crippen LogP contribution in [0.4, 0.5) is 5.82 Å². The summed E-state index contributed by atoms with van der Waals surface area (Å²) in [5.41, 5.74) is 0.863. The number of aromatic nitrogens is 1. The van der Waals surface area contributed by atoms with Crippen LogP contribution in [0.1, 0.15) is 31.4 Å². The fraction of sp³-hybridized carbons (Fsp3) is 0.643. The molecule has 0 unspecified atom stereocenters. The highest BCUT2D eigenvalue weighted by molar-refractivity contribution is 5.46. The second-order valence-electron chi connectivity index (χ2n) is 5.03. The van der Waals surface area contributed by atoms with Gasteiger partial charge in [-0.1, -0.05) is 6.07 Å². The zero-order valence-electron chi connectivity index (χ0n) is 11.2. The summed E-state index contributed by atoms with van der Waals surface area (Å²) in [5.74, 6) is 1.64. The molecule has 1 aliphatic rings. The van der Waals surface area contributed by atoms with Crippen LogP contribution < -0.4 is 4.90 Å². The number of likely N-dealkylation sites (N-methyl/N-ethyl adjacent to an activating group) is 1. The lowest BCUT2D eigenvalue weighted by atomic mass is 10.1. The predicted octanol–water partition coefficient (Wildman–Crippen LogP) is 2.00. The summed E-state index contributed by atoms with van der Waals surface area (Å²) in [7, 11) is 1.98. The molecule has 0 amide bonds. The SMILES string of the molecule is C[C@@H](O)c1cccnc1N(C)CCOCC1CC1. The molecule has 4 nitrogen and oxygen atoms in total. The largest absolute Gasteiger partial charge is 0.389 e. The van der Waals surface area contributed by atoms with Crippen molar-refractivity contribution in [3.8, 4) is 0 Å². The van der Waals surface area contributed by atoms with Crippen molar-refractivity contribution in [2.75, 3.05) is 31.7 Å². The van der Waals surface area contributed by atoms with E-state index in [-0.39, 0.29) is 0 Å². The van der Waals surface area contributed by atoms with Gasteiger partial charge in [-0.2, -0.15) is 0 Å². The van der Waals surface area contributed by atoms with Crippen LogP contribution in [0.2, 0.25) is 0 Å². The molecule has 18 heavy (non-hydrogen) atoms. The van der Waals surface area contributed by atoms with Gasteiger partial charge in [-0.25, -0.2) is 4.98 Å². The molecule has 1 atom stereocenters. The van der Waals surface area contributed by atoms with E-state index in [1.54, 1.807) is 13.1 Å². The lowest BCUT2D eigenvalue weighted by molar-refractivity contribution is 0.130. The number of pyridine rings is 1. The normalized spacial score (nSPS) is 16.6. The van der Waals surface area contributed by atoms with Crippen LogP contribution in [-0.4, -0.2) is 36.9 Å². The Morgan fingerprint density at radius 1 is 1.56 bits per heavy atom. The minimum atomic E-state index is -0.497. The van der Waals surface area contributed by atoms with Crippen LogP contribution in [0, 0.1) is 5.92 Å². The van der Waals surface area contributed by atoms with Gasteiger partial charge in [-0.15, -0.1) is 0 Å². The highest BCUT2D eigenvalue weighted by Gasteiger charge is 2.21. The summed E-state index contributed by atoms with van der Waals surface area (Å²) in [6.45, 7) is 4.16. The van der Waals surface area contributed by atoms with E-state index in [0.717, 1.165) is 30.5 Å². The van der Waals surface area contributed by atoms with Crippen LogP contribution in [0.25, 0.3) is 0 Å². The van der Waals surface area contributed by atoms with Gasteiger partial charge in [-0.3, -0.25) is 0 Å². The number of ether oxygens (including phenoxy) is 1. The molecule has 100 valence electrons. The zero-order chi connectivity index (χ0) is 13.0. The molecule has 0 radical (unpaired) electrons. The van der Waals surface area contributed by atoms with E-state index in [9.17, 15) is 5.11 Å². The maximum atomic E-state index is 9.71. The van der Waals surface area contributed by atoms with Gasteiger partial charge in [0, 0.05) is 32.0 Å². The Morgan fingerprint density at radius 2 is 2.33 bits per heavy atom. The maximum Gasteiger partial charge on any atom is 0.134 e. The lowest BCUT2D eigenvalue weighted by Gasteiger charge is -2.22. The third-order valence-electron chi connectivity index (χ3n) is 3.25. The molecule has 1 fully saturated rings. The number of rotatable bonds is 7. The Morgan fingerprint density at radius 3 is 3.00 bits per heavy atom. The van der Waals surface area contributed by atoms with Gasteiger partial charge in [0.1, 0.15) is 5.82 Å². The molecule has 1 aromatic heterocycles. The van der Waals surface area contributed by atoms with Crippen LogP contribution in [-0.2, 0) is 4.74 Å². The summed E-state index contributed by atoms with van der Waals surface area (Å²) >= 11 is 0. The molecule has 1 saturated carbocycles. The first-order valence-corrected chi connectivity index (χ1v) is 6.60. The van der Waals surface area contributed by atoms with Crippen molar-refractivity contribution >= 4 is 5.82 Å². The van der Waals surface area contributed by atoms with Gasteiger partial charge in [0.15, 0.2) is 0 Å². The Hall–Kier alpha value is -1.13. The van der Waals surface area contributed by atoms with Crippen LogP contribution in [0.5, 0.6) is 0 Å². The van der Waals surface area contributed by atoms with Crippen molar-refractivity contribution in [2.24, 2.45) is 5.92 Å². The molecular weight excluding hydrogens is 228 g/mol. The Bertz CT molecular complexity index is 378. The van der Waals surface area contributed by atoms with Gasteiger partial charge in [0.25, 0.3) is 0 Å². The molecule has 4 heteroatoms. The maximum absolute atomic E-state index is 9.71. The second-order valence-corrected chi connectivity index (χ2v) is 5.03. The Kier molecular flexibility index (Phi) is 4.55. The van der Waals surface area contributed by atoms with Gasteiger partial charge >= 0.3 is 0 Å². The van der Waals surface area contributed by atoms with Crippen molar-refractivity contribution in [2.45, 2.75) is 25.9 Å². The first-order valence-electron chi connectivity index (χ1n) is 6.60. The fourth-order valence-corrected chi connectivity index (χ4v) is 1.90. The van der Waals surface area contributed by atoms with Gasteiger partial charge in [-0.05, 0) is 31.7 Å². The number of anilines is 1. The van der Waals surface area contributed by atoms with E-state index in [2.05, 4.69) is 4.98 Å². The summed E-state index contributed by atoms with van der Waals surface area (Å²) in [6.07, 6.45) is 3.90. The van der Waals surface area contributed by atoms with Crippen molar-refractivity contribution < 1.29 is 9.84 Å². The van der Waals surface area contributed by atoms with E-state index in [0.29, 0.717) is 6.61 Å². The van der Waals surface area contributed by atoms with Crippen LogP contribution >= 0.6 is 0 Å². The van der Waals surface area contributed by atoms with Gasteiger partial charge in [0.05, 0.1) is 12.7 Å². The third kappa shape index (κ3) is 3.68.